The first kappa shape index (κ1) is 23.4. The van der Waals surface area contributed by atoms with Gasteiger partial charge in [-0.1, -0.05) is 80.1 Å². The first-order valence-electron chi connectivity index (χ1n) is 15.3. The van der Waals surface area contributed by atoms with Gasteiger partial charge in [0.05, 0.1) is 33.1 Å². The molecule has 0 bridgehead atoms. The standard InChI is InChI=1S/C39H18N3O3P/c43-37-25-10-4-1-7-19(25)22-13-16-28-34-31(22)40(37)29-17-14-23-20-8-3-6-12-27(20)39(45)42-30-18-15-24-21-9-2-5-11-26(21)38(44)41(28)33(24)36(30)46(34)35(29)32(23)42/h1-18H. The molecule has 6 aromatic carbocycles. The van der Waals surface area contributed by atoms with Crippen molar-refractivity contribution in [2.24, 2.45) is 0 Å². The van der Waals surface area contributed by atoms with Crippen molar-refractivity contribution in [2.45, 2.75) is 0 Å². The zero-order chi connectivity index (χ0) is 30.2. The van der Waals surface area contributed by atoms with Gasteiger partial charge in [0, 0.05) is 47.7 Å². The van der Waals surface area contributed by atoms with Crippen molar-refractivity contribution in [3.63, 3.8) is 0 Å². The molecule has 6 aromatic heterocycles. The molecule has 12 rings (SSSR count). The summed E-state index contributed by atoms with van der Waals surface area (Å²) in [6.45, 7) is 0. The summed E-state index contributed by atoms with van der Waals surface area (Å²) in [5, 5.41) is 10.6. The largest absolute Gasteiger partial charge is 0.274 e. The molecule has 6 heterocycles. The quantitative estimate of drug-likeness (QED) is 0.129. The third-order valence-corrected chi connectivity index (χ3v) is 13.1. The minimum absolute atomic E-state index is 0.0999. The zero-order valence-electron chi connectivity index (χ0n) is 23.9. The van der Waals surface area contributed by atoms with Crippen LogP contribution in [0.1, 0.15) is 0 Å². The lowest BCUT2D eigenvalue weighted by molar-refractivity contribution is 1.17. The van der Waals surface area contributed by atoms with E-state index in [1.807, 2.05) is 86.0 Å². The summed E-state index contributed by atoms with van der Waals surface area (Å²) in [5.41, 5.74) is 4.69. The molecule has 0 saturated heterocycles. The van der Waals surface area contributed by atoms with Gasteiger partial charge in [-0.15, -0.1) is 0 Å². The molecule has 46 heavy (non-hydrogen) atoms. The van der Waals surface area contributed by atoms with E-state index in [9.17, 15) is 14.4 Å². The average Bonchev–Trinajstić information content (AvgIpc) is 3.10. The van der Waals surface area contributed by atoms with E-state index in [4.69, 9.17) is 0 Å². The Morgan fingerprint density at radius 2 is 0.609 bits per heavy atom. The molecule has 0 saturated carbocycles. The van der Waals surface area contributed by atoms with E-state index in [2.05, 4.69) is 36.4 Å². The van der Waals surface area contributed by atoms with E-state index >= 15 is 0 Å². The van der Waals surface area contributed by atoms with Crippen LogP contribution in [0.25, 0.3) is 96.9 Å². The van der Waals surface area contributed by atoms with Crippen LogP contribution >= 0.6 is 7.34 Å². The Labute approximate surface area is 257 Å². The fourth-order valence-electron chi connectivity index (χ4n) is 8.65. The van der Waals surface area contributed by atoms with E-state index in [-0.39, 0.29) is 16.7 Å². The Balaban J connectivity index is 1.60. The van der Waals surface area contributed by atoms with E-state index < -0.39 is 7.34 Å². The molecular formula is C39H18N3O3P. The summed E-state index contributed by atoms with van der Waals surface area (Å²) in [7, 11) is -1.25. The SMILES string of the molecule is O=c1c2ccccc2c2ccc3c4c2n1c1ccc2c5ccccc5c(=O)n5c6ccc7c8ccccc8c(=O)n3c7c6p4c1c25. The molecule has 0 aliphatic rings. The molecule has 7 heteroatoms. The van der Waals surface area contributed by atoms with Crippen LogP contribution < -0.4 is 16.7 Å². The predicted molar refractivity (Wildman–Crippen MR) is 190 cm³/mol. The van der Waals surface area contributed by atoms with Crippen LogP contribution in [0.5, 0.6) is 0 Å². The van der Waals surface area contributed by atoms with Crippen LogP contribution in [0, 0.1) is 0 Å². The second-order valence-electron chi connectivity index (χ2n) is 12.4. The van der Waals surface area contributed by atoms with Gasteiger partial charge in [-0.25, -0.2) is 0 Å². The molecule has 0 spiro atoms. The lowest BCUT2D eigenvalue weighted by Crippen LogP contribution is -2.20. The molecule has 212 valence electrons. The highest BCUT2D eigenvalue weighted by Gasteiger charge is 2.28. The fourth-order valence-corrected chi connectivity index (χ4v) is 11.8. The Morgan fingerprint density at radius 1 is 0.326 bits per heavy atom. The number of nitrogens with zero attached hydrogens (tertiary/aromatic N) is 3. The van der Waals surface area contributed by atoms with Gasteiger partial charge in [0.25, 0.3) is 16.7 Å². The smallest absolute Gasteiger partial charge is 0.263 e. The van der Waals surface area contributed by atoms with Crippen molar-refractivity contribution in [3.05, 3.63) is 140 Å². The highest BCUT2D eigenvalue weighted by Crippen LogP contribution is 2.56. The highest BCUT2D eigenvalue weighted by molar-refractivity contribution is 7.63. The third kappa shape index (κ3) is 2.32. The fraction of sp³-hybridized carbons (Fsp3) is 0. The van der Waals surface area contributed by atoms with Gasteiger partial charge < -0.3 is 0 Å². The van der Waals surface area contributed by atoms with Gasteiger partial charge >= 0.3 is 0 Å². The van der Waals surface area contributed by atoms with Crippen LogP contribution in [0.2, 0.25) is 0 Å². The molecule has 0 fully saturated rings. The summed E-state index contributed by atoms with van der Waals surface area (Å²) in [4.78, 5) is 43.8. The molecule has 0 aliphatic heterocycles. The number of benzene rings is 6. The Kier molecular flexibility index (Phi) is 3.79. The second-order valence-corrected chi connectivity index (χ2v) is 14.4. The Hall–Kier alpha value is -5.97. The van der Waals surface area contributed by atoms with E-state index in [1.165, 1.54) is 0 Å². The van der Waals surface area contributed by atoms with Gasteiger partial charge in [0.1, 0.15) is 0 Å². The van der Waals surface area contributed by atoms with Crippen LogP contribution in [0.15, 0.2) is 124 Å². The molecule has 0 N–H and O–H groups in total. The second kappa shape index (κ2) is 7.45. The Morgan fingerprint density at radius 3 is 0.913 bits per heavy atom. The van der Waals surface area contributed by atoms with Gasteiger partial charge in [-0.2, -0.15) is 0 Å². The maximum absolute atomic E-state index is 14.6. The highest BCUT2D eigenvalue weighted by atomic mass is 31.1. The van der Waals surface area contributed by atoms with E-state index in [0.29, 0.717) is 16.2 Å². The van der Waals surface area contributed by atoms with Crippen LogP contribution in [-0.4, -0.2) is 13.2 Å². The van der Waals surface area contributed by atoms with Gasteiger partial charge in [-0.3, -0.25) is 27.6 Å². The topological polar surface area (TPSA) is 64.4 Å². The van der Waals surface area contributed by atoms with Gasteiger partial charge in [0.15, 0.2) is 0 Å². The number of pyridine rings is 3. The zero-order valence-corrected chi connectivity index (χ0v) is 24.8. The molecule has 0 unspecified atom stereocenters. The van der Waals surface area contributed by atoms with Gasteiger partial charge in [-0.05, 0) is 52.6 Å². The minimum Gasteiger partial charge on any atom is -0.274 e. The maximum Gasteiger partial charge on any atom is 0.263 e. The minimum atomic E-state index is -1.25. The summed E-state index contributed by atoms with van der Waals surface area (Å²) >= 11 is 0. The number of aromatic nitrogens is 3. The van der Waals surface area contributed by atoms with Crippen LogP contribution in [0.3, 0.4) is 0 Å². The number of hydrogen-bond acceptors (Lipinski definition) is 3. The lowest BCUT2D eigenvalue weighted by Gasteiger charge is -2.25. The lowest BCUT2D eigenvalue weighted by atomic mass is 10.0. The van der Waals surface area contributed by atoms with E-state index in [0.717, 1.165) is 80.8 Å². The van der Waals surface area contributed by atoms with Crippen molar-refractivity contribution in [2.75, 3.05) is 0 Å². The summed E-state index contributed by atoms with van der Waals surface area (Å²) in [5.74, 6) is 0. The summed E-state index contributed by atoms with van der Waals surface area (Å²) in [6.07, 6.45) is 0. The molecule has 12 aromatic rings. The van der Waals surface area contributed by atoms with Crippen molar-refractivity contribution in [1.82, 2.24) is 13.2 Å². The normalized spacial score (nSPS) is 13.0. The molecular weight excluding hydrogens is 589 g/mol. The van der Waals surface area contributed by atoms with Gasteiger partial charge in [0.2, 0.25) is 0 Å². The van der Waals surface area contributed by atoms with Crippen molar-refractivity contribution < 1.29 is 0 Å². The first-order valence-corrected chi connectivity index (χ1v) is 16.6. The molecule has 0 aliphatic carbocycles. The van der Waals surface area contributed by atoms with Crippen molar-refractivity contribution in [3.8, 4) is 0 Å². The predicted octanol–water partition coefficient (Wildman–Crippen LogP) is 8.35. The van der Waals surface area contributed by atoms with Crippen molar-refractivity contribution in [1.29, 1.82) is 0 Å². The molecule has 0 radical (unpaired) electrons. The first-order chi connectivity index (χ1) is 22.6. The molecule has 6 nitrogen and oxygen atoms in total. The third-order valence-electron chi connectivity index (χ3n) is 10.4. The van der Waals surface area contributed by atoms with E-state index in [1.54, 1.807) is 0 Å². The maximum atomic E-state index is 14.6. The monoisotopic (exact) mass is 607 g/mol. The number of hydrogen-bond donors (Lipinski definition) is 0. The molecule has 0 amide bonds. The summed E-state index contributed by atoms with van der Waals surface area (Å²) in [6, 6.07) is 35.7. The van der Waals surface area contributed by atoms with Crippen LogP contribution in [-0.2, 0) is 0 Å². The van der Waals surface area contributed by atoms with Crippen LogP contribution in [0.4, 0.5) is 0 Å². The Bertz CT molecular complexity index is 3170. The molecule has 0 atom stereocenters. The average molecular weight is 608 g/mol. The summed E-state index contributed by atoms with van der Waals surface area (Å²) < 4.78 is 5.57. The number of fused-ring (bicyclic) bond motifs is 9. The number of rotatable bonds is 0. The van der Waals surface area contributed by atoms with Crippen molar-refractivity contribution >= 4 is 104 Å².